The maximum absolute atomic E-state index is 12.9. The van der Waals surface area contributed by atoms with Crippen molar-refractivity contribution in [1.82, 2.24) is 5.32 Å². The molecule has 0 heterocycles. The quantitative estimate of drug-likeness (QED) is 0.809. The average Bonchev–Trinajstić information content (AvgIpc) is 2.22. The lowest BCUT2D eigenvalue weighted by Gasteiger charge is -2.13. The van der Waals surface area contributed by atoms with Gasteiger partial charge in [0.25, 0.3) is 0 Å². The van der Waals surface area contributed by atoms with Crippen LogP contribution < -0.4 is 5.32 Å². The molecular weight excluding hydrogens is 212 g/mol. The number of nitrogens with one attached hydrogen (secondary N) is 1. The second-order valence-corrected chi connectivity index (χ2v) is 3.84. The molecule has 4 heteroatoms. The zero-order valence-corrected chi connectivity index (χ0v) is 9.59. The topological polar surface area (TPSA) is 21.3 Å². The maximum Gasteiger partial charge on any atom is 0.126 e. The van der Waals surface area contributed by atoms with E-state index in [2.05, 4.69) is 5.32 Å². The smallest absolute Gasteiger partial charge is 0.126 e. The van der Waals surface area contributed by atoms with Gasteiger partial charge in [-0.15, -0.1) is 0 Å². The van der Waals surface area contributed by atoms with Crippen LogP contribution in [0.4, 0.5) is 8.78 Å². The van der Waals surface area contributed by atoms with Gasteiger partial charge in [-0.2, -0.15) is 0 Å². The summed E-state index contributed by atoms with van der Waals surface area (Å²) in [4.78, 5) is 0. The normalized spacial score (nSPS) is 12.8. The highest BCUT2D eigenvalue weighted by Crippen LogP contribution is 2.08. The minimum absolute atomic E-state index is 0.256. The Kier molecular flexibility index (Phi) is 5.35. The number of rotatable bonds is 6. The van der Waals surface area contributed by atoms with E-state index in [1.165, 1.54) is 12.1 Å². The molecule has 16 heavy (non-hydrogen) atoms. The highest BCUT2D eigenvalue weighted by Gasteiger charge is 2.03. The van der Waals surface area contributed by atoms with Crippen LogP contribution in [0, 0.1) is 11.6 Å². The second kappa shape index (κ2) is 6.55. The van der Waals surface area contributed by atoms with Crippen LogP contribution in [0.2, 0.25) is 0 Å². The molecular formula is C12H17F2NO. The van der Waals surface area contributed by atoms with Gasteiger partial charge in [0.05, 0.1) is 0 Å². The van der Waals surface area contributed by atoms with Crippen LogP contribution in [0.1, 0.15) is 18.9 Å². The highest BCUT2D eigenvalue weighted by atomic mass is 19.1. The van der Waals surface area contributed by atoms with Gasteiger partial charge >= 0.3 is 0 Å². The Balaban J connectivity index is 2.41. The van der Waals surface area contributed by atoms with Crippen molar-refractivity contribution in [2.24, 2.45) is 0 Å². The maximum atomic E-state index is 12.9. The minimum atomic E-state index is -0.540. The highest BCUT2D eigenvalue weighted by molar-refractivity contribution is 5.17. The van der Waals surface area contributed by atoms with E-state index >= 15 is 0 Å². The summed E-state index contributed by atoms with van der Waals surface area (Å²) in [5.74, 6) is -1.08. The summed E-state index contributed by atoms with van der Waals surface area (Å²) in [6, 6.07) is 3.79. The molecule has 1 aromatic carbocycles. The molecule has 0 spiro atoms. The molecule has 90 valence electrons. The summed E-state index contributed by atoms with van der Waals surface area (Å²) in [5, 5.41) is 3.17. The van der Waals surface area contributed by atoms with E-state index in [9.17, 15) is 8.78 Å². The molecule has 0 bridgehead atoms. The number of halogens is 2. The van der Waals surface area contributed by atoms with Crippen LogP contribution in [0.15, 0.2) is 18.2 Å². The third-order valence-electron chi connectivity index (χ3n) is 2.33. The van der Waals surface area contributed by atoms with E-state index in [1.807, 2.05) is 6.92 Å². The standard InChI is InChI=1S/C12H17F2NO/c1-9(3-4-16-2)15-8-10-5-11(13)7-12(14)6-10/h5-7,9,15H,3-4,8H2,1-2H3. The Bertz CT molecular complexity index is 311. The van der Waals surface area contributed by atoms with Crippen LogP contribution in [-0.4, -0.2) is 19.8 Å². The Morgan fingerprint density at radius 2 is 1.88 bits per heavy atom. The third-order valence-corrected chi connectivity index (χ3v) is 2.33. The molecule has 1 atom stereocenters. The first-order chi connectivity index (χ1) is 7.61. The van der Waals surface area contributed by atoms with Gasteiger partial charge in [0.1, 0.15) is 11.6 Å². The fourth-order valence-corrected chi connectivity index (χ4v) is 1.40. The van der Waals surface area contributed by atoms with E-state index in [4.69, 9.17) is 4.74 Å². The summed E-state index contributed by atoms with van der Waals surface area (Å²) in [7, 11) is 1.65. The van der Waals surface area contributed by atoms with Crippen molar-refractivity contribution < 1.29 is 13.5 Å². The van der Waals surface area contributed by atoms with Crippen LogP contribution >= 0.6 is 0 Å². The zero-order valence-electron chi connectivity index (χ0n) is 9.59. The molecule has 1 N–H and O–H groups in total. The number of ether oxygens (including phenoxy) is 1. The monoisotopic (exact) mass is 229 g/mol. The van der Waals surface area contributed by atoms with E-state index in [1.54, 1.807) is 7.11 Å². The van der Waals surface area contributed by atoms with E-state index in [-0.39, 0.29) is 6.04 Å². The van der Waals surface area contributed by atoms with Crippen molar-refractivity contribution in [2.45, 2.75) is 25.9 Å². The Hall–Kier alpha value is -1.00. The molecule has 0 aliphatic heterocycles. The molecule has 0 aromatic heterocycles. The summed E-state index contributed by atoms with van der Waals surface area (Å²) < 4.78 is 30.7. The Morgan fingerprint density at radius 3 is 2.44 bits per heavy atom. The van der Waals surface area contributed by atoms with Gasteiger partial charge in [-0.1, -0.05) is 0 Å². The first-order valence-electron chi connectivity index (χ1n) is 5.29. The lowest BCUT2D eigenvalue weighted by molar-refractivity contribution is 0.184. The molecule has 0 radical (unpaired) electrons. The van der Waals surface area contributed by atoms with Crippen LogP contribution in [0.3, 0.4) is 0 Å². The molecule has 0 saturated carbocycles. The first kappa shape index (κ1) is 13.1. The second-order valence-electron chi connectivity index (χ2n) is 3.84. The SMILES string of the molecule is COCCC(C)NCc1cc(F)cc(F)c1. The van der Waals surface area contributed by atoms with Crippen molar-refractivity contribution in [3.8, 4) is 0 Å². The number of methoxy groups -OCH3 is 1. The Labute approximate surface area is 94.6 Å². The van der Waals surface area contributed by atoms with Gasteiger partial charge in [-0.05, 0) is 31.0 Å². The molecule has 0 amide bonds. The zero-order chi connectivity index (χ0) is 12.0. The van der Waals surface area contributed by atoms with Crippen molar-refractivity contribution in [3.63, 3.8) is 0 Å². The number of hydrogen-bond donors (Lipinski definition) is 1. The molecule has 1 rings (SSSR count). The molecule has 0 saturated heterocycles. The predicted octanol–water partition coefficient (Wildman–Crippen LogP) is 2.48. The fraction of sp³-hybridized carbons (Fsp3) is 0.500. The first-order valence-corrected chi connectivity index (χ1v) is 5.29. The van der Waals surface area contributed by atoms with Gasteiger partial charge < -0.3 is 10.1 Å². The fourth-order valence-electron chi connectivity index (χ4n) is 1.40. The van der Waals surface area contributed by atoms with Crippen molar-refractivity contribution in [3.05, 3.63) is 35.4 Å². The van der Waals surface area contributed by atoms with Crippen molar-refractivity contribution in [1.29, 1.82) is 0 Å². The van der Waals surface area contributed by atoms with Gasteiger partial charge in [-0.3, -0.25) is 0 Å². The van der Waals surface area contributed by atoms with Crippen LogP contribution in [0.25, 0.3) is 0 Å². The number of benzene rings is 1. The van der Waals surface area contributed by atoms with E-state index in [0.29, 0.717) is 18.7 Å². The lowest BCUT2D eigenvalue weighted by atomic mass is 10.2. The van der Waals surface area contributed by atoms with Gasteiger partial charge in [0, 0.05) is 32.4 Å². The minimum Gasteiger partial charge on any atom is -0.385 e. The largest absolute Gasteiger partial charge is 0.385 e. The van der Waals surface area contributed by atoms with Crippen LogP contribution in [0.5, 0.6) is 0 Å². The molecule has 1 unspecified atom stereocenters. The molecule has 0 fully saturated rings. The Morgan fingerprint density at radius 1 is 1.25 bits per heavy atom. The summed E-state index contributed by atoms with van der Waals surface area (Å²) in [6.45, 7) is 3.14. The van der Waals surface area contributed by atoms with Gasteiger partial charge in [0.2, 0.25) is 0 Å². The average molecular weight is 229 g/mol. The predicted molar refractivity (Wildman–Crippen MR) is 59.2 cm³/mol. The molecule has 0 aliphatic carbocycles. The van der Waals surface area contributed by atoms with Crippen LogP contribution in [-0.2, 0) is 11.3 Å². The lowest BCUT2D eigenvalue weighted by Crippen LogP contribution is -2.26. The summed E-state index contributed by atoms with van der Waals surface area (Å²) in [5.41, 5.74) is 0.613. The summed E-state index contributed by atoms with van der Waals surface area (Å²) in [6.07, 6.45) is 0.869. The molecule has 0 aliphatic rings. The third kappa shape index (κ3) is 4.68. The van der Waals surface area contributed by atoms with Crippen molar-refractivity contribution in [2.75, 3.05) is 13.7 Å². The number of hydrogen-bond acceptors (Lipinski definition) is 2. The van der Waals surface area contributed by atoms with Crippen molar-refractivity contribution >= 4 is 0 Å². The van der Waals surface area contributed by atoms with E-state index < -0.39 is 11.6 Å². The molecule has 2 nitrogen and oxygen atoms in total. The molecule has 1 aromatic rings. The van der Waals surface area contributed by atoms with E-state index in [0.717, 1.165) is 12.5 Å². The summed E-state index contributed by atoms with van der Waals surface area (Å²) >= 11 is 0. The van der Waals surface area contributed by atoms with Gasteiger partial charge in [-0.25, -0.2) is 8.78 Å². The van der Waals surface area contributed by atoms with Gasteiger partial charge in [0.15, 0.2) is 0 Å².